The number of rotatable bonds is 8. The second kappa shape index (κ2) is 8.99. The summed E-state index contributed by atoms with van der Waals surface area (Å²) in [5.74, 6) is -0.269. The Morgan fingerprint density at radius 3 is 2.44 bits per heavy atom. The van der Waals surface area contributed by atoms with Gasteiger partial charge in [0.15, 0.2) is 0 Å². The van der Waals surface area contributed by atoms with Crippen molar-refractivity contribution in [3.05, 3.63) is 59.1 Å². The van der Waals surface area contributed by atoms with Crippen LogP contribution in [-0.4, -0.2) is 20.9 Å². The summed E-state index contributed by atoms with van der Waals surface area (Å²) in [4.78, 5) is 11.1. The van der Waals surface area contributed by atoms with Crippen molar-refractivity contribution in [2.75, 3.05) is 11.9 Å². The molecule has 0 saturated heterocycles. The molecule has 0 spiro atoms. The van der Waals surface area contributed by atoms with E-state index in [1.165, 1.54) is 30.7 Å². The summed E-state index contributed by atoms with van der Waals surface area (Å²) in [7, 11) is -3.62. The molecule has 0 saturated carbocycles. The molecule has 0 unspecified atom stereocenters. The molecule has 134 valence electrons. The van der Waals surface area contributed by atoms with Gasteiger partial charge in [-0.2, -0.15) is 0 Å². The van der Waals surface area contributed by atoms with E-state index in [-0.39, 0.29) is 15.8 Å². The van der Waals surface area contributed by atoms with Crippen molar-refractivity contribution in [1.29, 1.82) is 0 Å². The van der Waals surface area contributed by atoms with Gasteiger partial charge in [0.25, 0.3) is 0 Å². The Hall–Kier alpha value is -1.89. The quantitative estimate of drug-likeness (QED) is 0.687. The van der Waals surface area contributed by atoms with Gasteiger partial charge in [-0.05, 0) is 43.0 Å². The molecule has 0 atom stereocenters. The van der Waals surface area contributed by atoms with E-state index in [2.05, 4.69) is 22.2 Å². The van der Waals surface area contributed by atoms with Gasteiger partial charge in [-0.15, -0.1) is 0 Å². The Bertz CT molecular complexity index is 823. The number of carbonyl (C=O) groups is 1. The van der Waals surface area contributed by atoms with Crippen molar-refractivity contribution in [3.8, 4) is 0 Å². The smallest absolute Gasteiger partial charge is 0.240 e. The topological polar surface area (TPSA) is 75.3 Å². The van der Waals surface area contributed by atoms with Crippen LogP contribution in [0.4, 0.5) is 5.69 Å². The first-order chi connectivity index (χ1) is 11.9. The molecule has 2 aromatic carbocycles. The van der Waals surface area contributed by atoms with Gasteiger partial charge >= 0.3 is 0 Å². The third-order valence-electron chi connectivity index (χ3n) is 3.59. The number of benzene rings is 2. The molecule has 0 radical (unpaired) electrons. The van der Waals surface area contributed by atoms with Gasteiger partial charge in [0.2, 0.25) is 15.9 Å². The van der Waals surface area contributed by atoms with Crippen LogP contribution in [0, 0.1) is 0 Å². The van der Waals surface area contributed by atoms with Gasteiger partial charge in [0.05, 0.1) is 15.6 Å². The van der Waals surface area contributed by atoms with Crippen molar-refractivity contribution in [2.24, 2.45) is 0 Å². The minimum absolute atomic E-state index is 0.0784. The van der Waals surface area contributed by atoms with Crippen LogP contribution in [0.1, 0.15) is 25.3 Å². The molecule has 0 aliphatic carbocycles. The lowest BCUT2D eigenvalue weighted by Gasteiger charge is -2.10. The van der Waals surface area contributed by atoms with E-state index < -0.39 is 10.0 Å². The van der Waals surface area contributed by atoms with Crippen LogP contribution in [0.3, 0.4) is 0 Å². The fraction of sp³-hybridized carbons (Fsp3) is 0.278. The fourth-order valence-electron chi connectivity index (χ4n) is 2.34. The van der Waals surface area contributed by atoms with E-state index in [9.17, 15) is 13.2 Å². The minimum atomic E-state index is -3.62. The highest BCUT2D eigenvalue weighted by atomic mass is 35.5. The summed E-state index contributed by atoms with van der Waals surface area (Å²) in [5.41, 5.74) is 1.63. The Balaban J connectivity index is 1.86. The normalized spacial score (nSPS) is 11.3. The Labute approximate surface area is 153 Å². The summed E-state index contributed by atoms with van der Waals surface area (Å²) in [5, 5.41) is 2.72. The maximum absolute atomic E-state index is 12.3. The van der Waals surface area contributed by atoms with E-state index in [0.717, 1.165) is 19.3 Å². The summed E-state index contributed by atoms with van der Waals surface area (Å²) in [6.45, 7) is 1.72. The van der Waals surface area contributed by atoms with E-state index in [1.807, 2.05) is 18.2 Å². The summed E-state index contributed by atoms with van der Waals surface area (Å²) < 4.78 is 27.2. The number of sulfonamides is 1. The molecule has 0 fully saturated rings. The van der Waals surface area contributed by atoms with Crippen molar-refractivity contribution >= 4 is 33.2 Å². The first-order valence-corrected chi connectivity index (χ1v) is 9.85. The molecule has 2 aromatic rings. The van der Waals surface area contributed by atoms with Crippen molar-refractivity contribution < 1.29 is 13.2 Å². The minimum Gasteiger partial charge on any atom is -0.325 e. The van der Waals surface area contributed by atoms with Gasteiger partial charge in [-0.3, -0.25) is 4.79 Å². The monoisotopic (exact) mass is 380 g/mol. The van der Waals surface area contributed by atoms with Gasteiger partial charge in [0, 0.05) is 13.5 Å². The highest BCUT2D eigenvalue weighted by Gasteiger charge is 2.15. The Morgan fingerprint density at radius 2 is 1.80 bits per heavy atom. The van der Waals surface area contributed by atoms with E-state index in [1.54, 1.807) is 0 Å². The molecular formula is C18H21ClN2O3S. The van der Waals surface area contributed by atoms with Crippen LogP contribution in [-0.2, 0) is 21.2 Å². The van der Waals surface area contributed by atoms with E-state index in [4.69, 9.17) is 11.6 Å². The highest BCUT2D eigenvalue weighted by molar-refractivity contribution is 7.89. The van der Waals surface area contributed by atoms with Gasteiger partial charge in [-0.25, -0.2) is 13.1 Å². The molecule has 0 aliphatic heterocycles. The first-order valence-electron chi connectivity index (χ1n) is 7.99. The number of anilines is 1. The van der Waals surface area contributed by atoms with Crippen LogP contribution in [0.2, 0.25) is 5.02 Å². The highest BCUT2D eigenvalue weighted by Crippen LogP contribution is 2.25. The van der Waals surface area contributed by atoms with Crippen LogP contribution in [0.5, 0.6) is 0 Å². The largest absolute Gasteiger partial charge is 0.325 e. The molecule has 1 amide bonds. The molecule has 7 heteroatoms. The van der Waals surface area contributed by atoms with E-state index in [0.29, 0.717) is 12.2 Å². The fourth-order valence-corrected chi connectivity index (χ4v) is 3.74. The third-order valence-corrected chi connectivity index (χ3v) is 5.36. The van der Waals surface area contributed by atoms with Crippen molar-refractivity contribution in [2.45, 2.75) is 31.1 Å². The predicted octanol–water partition coefficient (Wildman–Crippen LogP) is 3.60. The molecule has 0 aromatic heterocycles. The summed E-state index contributed by atoms with van der Waals surface area (Å²) in [6.07, 6.45) is 2.56. The Morgan fingerprint density at radius 1 is 1.08 bits per heavy atom. The van der Waals surface area contributed by atoms with Gasteiger partial charge in [-0.1, -0.05) is 41.9 Å². The maximum atomic E-state index is 12.3. The number of unbranched alkanes of at least 4 members (excludes halogenated alkanes) is 1. The zero-order chi connectivity index (χ0) is 18.3. The average molecular weight is 381 g/mol. The maximum Gasteiger partial charge on any atom is 0.240 e. The number of halogens is 1. The number of hydrogen-bond acceptors (Lipinski definition) is 3. The zero-order valence-corrected chi connectivity index (χ0v) is 15.5. The van der Waals surface area contributed by atoms with Crippen LogP contribution in [0.15, 0.2) is 53.4 Å². The van der Waals surface area contributed by atoms with Crippen LogP contribution < -0.4 is 10.0 Å². The standard InChI is InChI=1S/C18H21ClN2O3S/c1-14(22)21-18-11-10-16(13-17(18)19)25(23,24)20-12-6-5-9-15-7-3-2-4-8-15/h2-4,7-8,10-11,13,20H,5-6,9,12H2,1H3,(H,21,22). The molecule has 25 heavy (non-hydrogen) atoms. The molecule has 2 N–H and O–H groups in total. The number of hydrogen-bond donors (Lipinski definition) is 2. The molecule has 2 rings (SSSR count). The molecule has 0 aliphatic rings. The Kier molecular flexibility index (Phi) is 6.99. The third kappa shape index (κ3) is 6.16. The van der Waals surface area contributed by atoms with Gasteiger partial charge in [0.1, 0.15) is 0 Å². The van der Waals surface area contributed by atoms with Crippen LogP contribution in [0.25, 0.3) is 0 Å². The zero-order valence-electron chi connectivity index (χ0n) is 14.0. The SMILES string of the molecule is CC(=O)Nc1ccc(S(=O)(=O)NCCCCc2ccccc2)cc1Cl. The number of nitrogens with one attached hydrogen (secondary N) is 2. The average Bonchev–Trinajstić information content (AvgIpc) is 2.57. The number of carbonyl (C=O) groups excluding carboxylic acids is 1. The second-order valence-corrected chi connectivity index (χ2v) is 7.84. The lowest BCUT2D eigenvalue weighted by atomic mass is 10.1. The van der Waals surface area contributed by atoms with Gasteiger partial charge < -0.3 is 5.32 Å². The summed E-state index contributed by atoms with van der Waals surface area (Å²) >= 11 is 6.02. The molecule has 0 heterocycles. The molecule has 5 nitrogen and oxygen atoms in total. The first kappa shape index (κ1) is 19.4. The van der Waals surface area contributed by atoms with Crippen molar-refractivity contribution in [3.63, 3.8) is 0 Å². The van der Waals surface area contributed by atoms with E-state index >= 15 is 0 Å². The predicted molar refractivity (Wildman–Crippen MR) is 100 cm³/mol. The lowest BCUT2D eigenvalue weighted by molar-refractivity contribution is -0.114. The number of amides is 1. The van der Waals surface area contributed by atoms with Crippen molar-refractivity contribution in [1.82, 2.24) is 4.72 Å². The van der Waals surface area contributed by atoms with Crippen LogP contribution >= 0.6 is 11.6 Å². The summed E-state index contributed by atoms with van der Waals surface area (Å²) in [6, 6.07) is 14.3. The lowest BCUT2D eigenvalue weighted by Crippen LogP contribution is -2.25. The molecule has 0 bridgehead atoms. The second-order valence-electron chi connectivity index (χ2n) is 5.66. The number of aryl methyl sites for hydroxylation is 1. The molecular weight excluding hydrogens is 360 g/mol.